The van der Waals surface area contributed by atoms with Crippen LogP contribution >= 0.6 is 0 Å². The number of hydrogen-bond donors (Lipinski definition) is 0. The van der Waals surface area contributed by atoms with Gasteiger partial charge in [0, 0.05) is 18.8 Å². The van der Waals surface area contributed by atoms with Gasteiger partial charge in [0.15, 0.2) is 0 Å². The number of carbonyl (C=O) groups is 1. The highest BCUT2D eigenvalue weighted by Crippen LogP contribution is 2.22. The number of pyridine rings is 1. The van der Waals surface area contributed by atoms with Gasteiger partial charge in [-0.2, -0.15) is 0 Å². The fraction of sp³-hybridized carbons (Fsp3) is 0.409. The molecule has 1 aromatic carbocycles. The standard InChI is InChI=1S/C22H26N4O3/c1-3-24-12-6-8-18(24)15-26-19-10-9-16(21(27)29-2)13-20(19)25(22(26)28)14-17-7-4-5-11-23-17/h4-5,7,9-11,13,18H,3,6,8,12,14-15H2,1-2H3. The van der Waals surface area contributed by atoms with Gasteiger partial charge >= 0.3 is 11.7 Å². The van der Waals surface area contributed by atoms with Gasteiger partial charge in [0.25, 0.3) is 0 Å². The molecular weight excluding hydrogens is 368 g/mol. The topological polar surface area (TPSA) is 69.4 Å². The third-order valence-corrected chi connectivity index (χ3v) is 5.78. The zero-order valence-corrected chi connectivity index (χ0v) is 16.9. The van der Waals surface area contributed by atoms with E-state index in [0.29, 0.717) is 24.7 Å². The summed E-state index contributed by atoms with van der Waals surface area (Å²) < 4.78 is 8.41. The summed E-state index contributed by atoms with van der Waals surface area (Å²) in [5, 5.41) is 0. The van der Waals surface area contributed by atoms with Gasteiger partial charge in [0.2, 0.25) is 0 Å². The van der Waals surface area contributed by atoms with Crippen molar-refractivity contribution in [3.05, 3.63) is 64.3 Å². The Morgan fingerprint density at radius 2 is 2.07 bits per heavy atom. The van der Waals surface area contributed by atoms with E-state index >= 15 is 0 Å². The molecule has 0 N–H and O–H groups in total. The van der Waals surface area contributed by atoms with Gasteiger partial charge in [0.1, 0.15) is 0 Å². The van der Waals surface area contributed by atoms with Crippen molar-refractivity contribution in [3.63, 3.8) is 0 Å². The molecule has 152 valence electrons. The second-order valence-corrected chi connectivity index (χ2v) is 7.42. The van der Waals surface area contributed by atoms with Gasteiger partial charge in [-0.1, -0.05) is 13.0 Å². The number of fused-ring (bicyclic) bond motifs is 1. The number of benzene rings is 1. The predicted octanol–water partition coefficient (Wildman–Crippen LogP) is 2.52. The first-order chi connectivity index (χ1) is 14.1. The number of aromatic nitrogens is 3. The minimum absolute atomic E-state index is 0.0735. The Kier molecular flexibility index (Phi) is 5.49. The Bertz CT molecular complexity index is 1070. The highest BCUT2D eigenvalue weighted by atomic mass is 16.5. The molecule has 3 heterocycles. The van der Waals surface area contributed by atoms with Gasteiger partial charge in [0.05, 0.1) is 35.9 Å². The molecule has 0 bridgehead atoms. The van der Waals surface area contributed by atoms with E-state index in [1.165, 1.54) is 7.11 Å². The van der Waals surface area contributed by atoms with Gasteiger partial charge in [-0.3, -0.25) is 19.0 Å². The molecule has 0 saturated carbocycles. The Morgan fingerprint density at radius 3 is 2.79 bits per heavy atom. The zero-order chi connectivity index (χ0) is 20.4. The number of hydrogen-bond acceptors (Lipinski definition) is 5. The fourth-order valence-electron chi connectivity index (χ4n) is 4.28. The van der Waals surface area contributed by atoms with Crippen LogP contribution in [0.3, 0.4) is 0 Å². The summed E-state index contributed by atoms with van der Waals surface area (Å²) in [4.78, 5) is 32.2. The minimum atomic E-state index is -0.413. The summed E-state index contributed by atoms with van der Waals surface area (Å²) in [5.74, 6) is -0.413. The molecule has 1 fully saturated rings. The third-order valence-electron chi connectivity index (χ3n) is 5.78. The Labute approximate surface area is 169 Å². The van der Waals surface area contributed by atoms with E-state index in [4.69, 9.17) is 4.74 Å². The summed E-state index contributed by atoms with van der Waals surface area (Å²) >= 11 is 0. The fourth-order valence-corrected chi connectivity index (χ4v) is 4.28. The second kappa shape index (κ2) is 8.21. The van der Waals surface area contributed by atoms with Crippen molar-refractivity contribution in [1.82, 2.24) is 19.0 Å². The Balaban J connectivity index is 1.81. The van der Waals surface area contributed by atoms with Crippen LogP contribution in [0.5, 0.6) is 0 Å². The molecule has 7 nitrogen and oxygen atoms in total. The third kappa shape index (κ3) is 3.70. The molecule has 0 radical (unpaired) electrons. The zero-order valence-electron chi connectivity index (χ0n) is 16.9. The van der Waals surface area contributed by atoms with Gasteiger partial charge in [-0.05, 0) is 56.3 Å². The number of methoxy groups -OCH3 is 1. The molecule has 1 atom stereocenters. The quantitative estimate of drug-likeness (QED) is 0.601. The van der Waals surface area contributed by atoms with E-state index in [1.807, 2.05) is 28.8 Å². The van der Waals surface area contributed by atoms with Gasteiger partial charge < -0.3 is 4.74 Å². The average Bonchev–Trinajstić information content (AvgIpc) is 3.31. The van der Waals surface area contributed by atoms with Crippen molar-refractivity contribution >= 4 is 17.0 Å². The van der Waals surface area contributed by atoms with Gasteiger partial charge in [-0.15, -0.1) is 0 Å². The number of nitrogens with zero attached hydrogens (tertiary/aromatic N) is 4. The Morgan fingerprint density at radius 1 is 1.21 bits per heavy atom. The number of carbonyl (C=O) groups excluding carboxylic acids is 1. The largest absolute Gasteiger partial charge is 0.465 e. The van der Waals surface area contributed by atoms with Crippen molar-refractivity contribution < 1.29 is 9.53 Å². The van der Waals surface area contributed by atoms with E-state index in [2.05, 4.69) is 16.8 Å². The maximum Gasteiger partial charge on any atom is 0.337 e. The molecule has 0 spiro atoms. The second-order valence-electron chi connectivity index (χ2n) is 7.42. The van der Waals surface area contributed by atoms with Crippen LogP contribution in [0, 0.1) is 0 Å². The summed E-state index contributed by atoms with van der Waals surface area (Å²) in [5.41, 5.74) is 2.72. The van der Waals surface area contributed by atoms with Crippen molar-refractivity contribution in [2.24, 2.45) is 0 Å². The molecule has 4 rings (SSSR count). The number of likely N-dealkylation sites (N-methyl/N-ethyl adjacent to an activating group) is 1. The van der Waals surface area contributed by atoms with Crippen LogP contribution in [0.1, 0.15) is 35.8 Å². The lowest BCUT2D eigenvalue weighted by Crippen LogP contribution is -2.36. The molecule has 0 amide bonds. The number of rotatable bonds is 6. The van der Waals surface area contributed by atoms with Crippen LogP contribution in [0.15, 0.2) is 47.4 Å². The average molecular weight is 394 g/mol. The van der Waals surface area contributed by atoms with Crippen LogP contribution in [0.25, 0.3) is 11.0 Å². The van der Waals surface area contributed by atoms with Gasteiger partial charge in [-0.25, -0.2) is 9.59 Å². The lowest BCUT2D eigenvalue weighted by atomic mass is 10.2. The first-order valence-electron chi connectivity index (χ1n) is 10.1. The molecule has 3 aromatic rings. The molecule has 1 saturated heterocycles. The van der Waals surface area contributed by atoms with Crippen LogP contribution in [-0.2, 0) is 17.8 Å². The summed E-state index contributed by atoms with van der Waals surface area (Å²) in [6.07, 6.45) is 3.97. The molecular formula is C22H26N4O3. The van der Waals surface area contributed by atoms with E-state index in [9.17, 15) is 9.59 Å². The first-order valence-corrected chi connectivity index (χ1v) is 10.1. The summed E-state index contributed by atoms with van der Waals surface area (Å²) in [6.45, 7) is 5.23. The first kappa shape index (κ1) is 19.4. The summed E-state index contributed by atoms with van der Waals surface area (Å²) in [6, 6.07) is 11.3. The van der Waals surface area contributed by atoms with E-state index < -0.39 is 5.97 Å². The molecule has 2 aromatic heterocycles. The van der Waals surface area contributed by atoms with Crippen LogP contribution in [0.4, 0.5) is 0 Å². The molecule has 7 heteroatoms. The lowest BCUT2D eigenvalue weighted by molar-refractivity contribution is 0.0601. The van der Waals surface area contributed by atoms with Crippen molar-refractivity contribution in [3.8, 4) is 0 Å². The smallest absolute Gasteiger partial charge is 0.337 e. The van der Waals surface area contributed by atoms with Crippen molar-refractivity contribution in [2.45, 2.75) is 38.9 Å². The summed E-state index contributed by atoms with van der Waals surface area (Å²) in [7, 11) is 1.36. The highest BCUT2D eigenvalue weighted by molar-refractivity contribution is 5.93. The normalized spacial score (nSPS) is 17.1. The highest BCUT2D eigenvalue weighted by Gasteiger charge is 2.26. The van der Waals surface area contributed by atoms with Crippen LogP contribution in [-0.4, -0.2) is 51.2 Å². The lowest BCUT2D eigenvalue weighted by Gasteiger charge is -2.22. The molecule has 1 aliphatic heterocycles. The van der Waals surface area contributed by atoms with Crippen molar-refractivity contribution in [1.29, 1.82) is 0 Å². The maximum absolute atomic E-state index is 13.4. The number of imidazole rings is 1. The maximum atomic E-state index is 13.4. The molecule has 0 aliphatic carbocycles. The SMILES string of the molecule is CCN1CCCC1Cn1c(=O)n(Cc2ccccn2)c2cc(C(=O)OC)ccc21. The number of ether oxygens (including phenoxy) is 1. The van der Waals surface area contributed by atoms with E-state index in [1.54, 1.807) is 22.9 Å². The monoisotopic (exact) mass is 394 g/mol. The van der Waals surface area contributed by atoms with Crippen LogP contribution in [0.2, 0.25) is 0 Å². The van der Waals surface area contributed by atoms with E-state index in [-0.39, 0.29) is 5.69 Å². The van der Waals surface area contributed by atoms with Crippen molar-refractivity contribution in [2.75, 3.05) is 20.2 Å². The van der Waals surface area contributed by atoms with Crippen LogP contribution < -0.4 is 5.69 Å². The molecule has 1 unspecified atom stereocenters. The molecule has 1 aliphatic rings. The number of esters is 1. The number of likely N-dealkylation sites (tertiary alicyclic amines) is 1. The minimum Gasteiger partial charge on any atom is -0.465 e. The Hall–Kier alpha value is -2.93. The van der Waals surface area contributed by atoms with E-state index in [0.717, 1.165) is 42.7 Å². The predicted molar refractivity (Wildman–Crippen MR) is 111 cm³/mol. The molecule has 29 heavy (non-hydrogen) atoms.